The lowest BCUT2D eigenvalue weighted by atomic mass is 10.1. The zero-order chi connectivity index (χ0) is 17.8. The van der Waals surface area contributed by atoms with E-state index >= 15 is 0 Å². The summed E-state index contributed by atoms with van der Waals surface area (Å²) >= 11 is 0. The molecule has 1 aromatic carbocycles. The molecule has 0 saturated carbocycles. The lowest BCUT2D eigenvalue weighted by Gasteiger charge is -2.14. The average Bonchev–Trinajstić information content (AvgIpc) is 3.04. The molecular weight excluding hydrogens is 334 g/mol. The molecule has 0 aliphatic carbocycles. The van der Waals surface area contributed by atoms with E-state index in [1.54, 1.807) is 6.07 Å². The highest BCUT2D eigenvalue weighted by Crippen LogP contribution is 2.26. The van der Waals surface area contributed by atoms with Gasteiger partial charge >= 0.3 is 6.61 Å². The van der Waals surface area contributed by atoms with Crippen molar-refractivity contribution >= 4 is 5.91 Å². The minimum Gasteiger partial charge on any atom is -0.497 e. The topological polar surface area (TPSA) is 88.3 Å². The smallest absolute Gasteiger partial charge is 0.387 e. The number of halogens is 2. The predicted octanol–water partition coefficient (Wildman–Crippen LogP) is 1.60. The predicted molar refractivity (Wildman–Crippen MR) is 84.8 cm³/mol. The maximum absolute atomic E-state index is 12.5. The van der Waals surface area contributed by atoms with Gasteiger partial charge in [0.1, 0.15) is 11.5 Å². The largest absolute Gasteiger partial charge is 0.497 e. The van der Waals surface area contributed by atoms with Crippen LogP contribution in [0.4, 0.5) is 8.78 Å². The number of methoxy groups -OCH3 is 1. The average molecular weight is 352 g/mol. The summed E-state index contributed by atoms with van der Waals surface area (Å²) in [6.45, 7) is -1.55. The van der Waals surface area contributed by atoms with Crippen molar-refractivity contribution in [1.29, 1.82) is 0 Å². The van der Waals surface area contributed by atoms with Crippen LogP contribution in [-0.4, -0.2) is 36.4 Å². The minimum atomic E-state index is -2.95. The summed E-state index contributed by atoms with van der Waals surface area (Å²) in [4.78, 5) is 12.4. The van der Waals surface area contributed by atoms with Gasteiger partial charge in [-0.15, -0.1) is 0 Å². The number of H-pyrrole nitrogens is 1. The number of alkyl halides is 2. The number of carbonyl (C=O) groups is 1. The lowest BCUT2D eigenvalue weighted by molar-refractivity contribution is -0.0505. The van der Waals surface area contributed by atoms with E-state index in [9.17, 15) is 13.6 Å². The summed E-state index contributed by atoms with van der Waals surface area (Å²) in [5.74, 6) is 0.0843. The van der Waals surface area contributed by atoms with E-state index in [-0.39, 0.29) is 18.2 Å². The van der Waals surface area contributed by atoms with Crippen LogP contribution in [0.5, 0.6) is 11.5 Å². The van der Waals surface area contributed by atoms with Gasteiger partial charge in [-0.3, -0.25) is 9.89 Å². The van der Waals surface area contributed by atoms with Gasteiger partial charge in [0.25, 0.3) is 5.91 Å². The third kappa shape index (κ3) is 3.87. The first kappa shape index (κ1) is 17.2. The summed E-state index contributed by atoms with van der Waals surface area (Å²) in [6, 6.07) is 4.44. The first-order chi connectivity index (χ1) is 12.1. The van der Waals surface area contributed by atoms with Crippen molar-refractivity contribution in [3.63, 3.8) is 0 Å². The van der Waals surface area contributed by atoms with E-state index < -0.39 is 6.61 Å². The van der Waals surface area contributed by atoms with Crippen molar-refractivity contribution in [2.45, 2.75) is 26.1 Å². The van der Waals surface area contributed by atoms with Crippen LogP contribution in [0.3, 0.4) is 0 Å². The second-order valence-electron chi connectivity index (χ2n) is 5.49. The molecule has 0 saturated heterocycles. The fraction of sp³-hybridized carbons (Fsp3) is 0.375. The van der Waals surface area contributed by atoms with Crippen LogP contribution in [0.15, 0.2) is 18.2 Å². The fourth-order valence-electron chi connectivity index (χ4n) is 2.70. The number of amides is 1. The number of nitrogens with zero attached hydrogens (tertiary/aromatic N) is 1. The number of fused-ring (bicyclic) bond motifs is 1. The number of aromatic nitrogens is 2. The summed E-state index contributed by atoms with van der Waals surface area (Å²) < 4.78 is 34.6. The molecule has 7 nitrogen and oxygen atoms in total. The van der Waals surface area contributed by atoms with Gasteiger partial charge in [0.2, 0.25) is 0 Å². The third-order valence-corrected chi connectivity index (χ3v) is 3.94. The number of hydrogen-bond donors (Lipinski definition) is 3. The Morgan fingerprint density at radius 1 is 1.44 bits per heavy atom. The summed E-state index contributed by atoms with van der Waals surface area (Å²) in [6.07, 6.45) is 0.776. The number of nitrogens with one attached hydrogen (secondary N) is 3. The third-order valence-electron chi connectivity index (χ3n) is 3.94. The summed E-state index contributed by atoms with van der Waals surface area (Å²) in [5, 5.41) is 12.8. The standard InChI is InChI=1S/C16H18F2N4O3/c1-24-10-2-3-13(25-16(17)18)9(6-10)7-20-15(23)14-11-8-19-5-4-12(11)21-22-14/h2-3,6,16,19H,4-5,7-8H2,1H3,(H,20,23)(H,21,22). The molecule has 25 heavy (non-hydrogen) atoms. The Bertz CT molecular complexity index is 764. The van der Waals surface area contributed by atoms with Gasteiger partial charge < -0.3 is 20.1 Å². The Hall–Kier alpha value is -2.68. The van der Waals surface area contributed by atoms with Crippen molar-refractivity contribution in [3.05, 3.63) is 40.7 Å². The molecular formula is C16H18F2N4O3. The van der Waals surface area contributed by atoms with Crippen molar-refractivity contribution in [2.75, 3.05) is 13.7 Å². The van der Waals surface area contributed by atoms with Crippen LogP contribution in [0.25, 0.3) is 0 Å². The summed E-state index contributed by atoms with van der Waals surface area (Å²) in [7, 11) is 1.47. The van der Waals surface area contributed by atoms with Crippen molar-refractivity contribution in [2.24, 2.45) is 0 Å². The molecule has 3 rings (SSSR count). The molecule has 0 unspecified atom stereocenters. The maximum Gasteiger partial charge on any atom is 0.387 e. The molecule has 0 bridgehead atoms. The quantitative estimate of drug-likeness (QED) is 0.735. The molecule has 1 aliphatic rings. The molecule has 3 N–H and O–H groups in total. The van der Waals surface area contributed by atoms with Crippen LogP contribution >= 0.6 is 0 Å². The Balaban J connectivity index is 1.74. The fourth-order valence-corrected chi connectivity index (χ4v) is 2.70. The van der Waals surface area contributed by atoms with Gasteiger partial charge in [-0.25, -0.2) is 0 Å². The lowest BCUT2D eigenvalue weighted by Crippen LogP contribution is -2.28. The second-order valence-corrected chi connectivity index (χ2v) is 5.49. The molecule has 2 heterocycles. The molecule has 0 atom stereocenters. The van der Waals surface area contributed by atoms with Gasteiger partial charge in [-0.2, -0.15) is 13.9 Å². The number of rotatable bonds is 6. The van der Waals surface area contributed by atoms with E-state index in [1.165, 1.54) is 19.2 Å². The number of hydrogen-bond acceptors (Lipinski definition) is 5. The van der Waals surface area contributed by atoms with E-state index in [1.807, 2.05) is 0 Å². The highest BCUT2D eigenvalue weighted by atomic mass is 19.3. The van der Waals surface area contributed by atoms with E-state index in [4.69, 9.17) is 4.74 Å². The minimum absolute atomic E-state index is 0.00709. The Morgan fingerprint density at radius 2 is 2.28 bits per heavy atom. The molecule has 2 aromatic rings. The first-order valence-corrected chi connectivity index (χ1v) is 7.75. The zero-order valence-electron chi connectivity index (χ0n) is 13.6. The summed E-state index contributed by atoms with van der Waals surface area (Å²) in [5.41, 5.74) is 2.46. The molecule has 0 radical (unpaired) electrons. The Labute approximate surface area is 142 Å². The van der Waals surface area contributed by atoms with Gasteiger partial charge in [-0.05, 0) is 18.2 Å². The maximum atomic E-state index is 12.5. The second kappa shape index (κ2) is 7.47. The normalized spacial score (nSPS) is 13.4. The molecule has 1 amide bonds. The van der Waals surface area contributed by atoms with Gasteiger partial charge in [0.15, 0.2) is 5.69 Å². The molecule has 0 spiro atoms. The first-order valence-electron chi connectivity index (χ1n) is 7.75. The van der Waals surface area contributed by atoms with Crippen molar-refractivity contribution < 1.29 is 23.0 Å². The monoisotopic (exact) mass is 352 g/mol. The molecule has 1 aliphatic heterocycles. The zero-order valence-corrected chi connectivity index (χ0v) is 13.6. The molecule has 1 aromatic heterocycles. The molecule has 134 valence electrons. The van der Waals surface area contributed by atoms with Crippen LogP contribution < -0.4 is 20.1 Å². The highest BCUT2D eigenvalue weighted by Gasteiger charge is 2.21. The highest BCUT2D eigenvalue weighted by molar-refractivity contribution is 5.94. The van der Waals surface area contributed by atoms with Crippen LogP contribution in [0.1, 0.15) is 27.3 Å². The van der Waals surface area contributed by atoms with E-state index in [0.717, 1.165) is 24.2 Å². The van der Waals surface area contributed by atoms with Crippen molar-refractivity contribution in [1.82, 2.24) is 20.8 Å². The molecule has 9 heteroatoms. The number of benzene rings is 1. The van der Waals surface area contributed by atoms with Crippen LogP contribution in [0.2, 0.25) is 0 Å². The van der Waals surface area contributed by atoms with Crippen LogP contribution in [-0.2, 0) is 19.5 Å². The van der Waals surface area contributed by atoms with E-state index in [0.29, 0.717) is 23.6 Å². The van der Waals surface area contributed by atoms with Gasteiger partial charge in [-0.1, -0.05) is 0 Å². The Kier molecular flexibility index (Phi) is 5.13. The Morgan fingerprint density at radius 3 is 3.04 bits per heavy atom. The molecule has 0 fully saturated rings. The number of aromatic amines is 1. The van der Waals surface area contributed by atoms with Gasteiger partial charge in [0.05, 0.1) is 7.11 Å². The van der Waals surface area contributed by atoms with Crippen LogP contribution in [0, 0.1) is 0 Å². The van der Waals surface area contributed by atoms with E-state index in [2.05, 4.69) is 25.6 Å². The van der Waals surface area contributed by atoms with Gasteiger partial charge in [0, 0.05) is 42.9 Å². The van der Waals surface area contributed by atoms with Crippen molar-refractivity contribution in [3.8, 4) is 11.5 Å². The number of ether oxygens (including phenoxy) is 2. The number of carbonyl (C=O) groups excluding carboxylic acids is 1. The SMILES string of the molecule is COc1ccc(OC(F)F)c(CNC(=O)c2n[nH]c3c2CNCC3)c1.